The number of aromatic nitrogens is 1. The number of hydrogen-bond donors (Lipinski definition) is 2. The molecule has 0 atom stereocenters. The summed E-state index contributed by atoms with van der Waals surface area (Å²) < 4.78 is 26.3. The molecule has 5 nitrogen and oxygen atoms in total. The third-order valence-corrected chi connectivity index (χ3v) is 4.92. The van der Waals surface area contributed by atoms with E-state index in [2.05, 4.69) is 9.71 Å². The average Bonchev–Trinajstić information content (AvgIpc) is 2.46. The predicted molar refractivity (Wildman–Crippen MR) is 60.4 cm³/mol. The Kier molecular flexibility index (Phi) is 4.21. The van der Waals surface area contributed by atoms with E-state index in [0.717, 1.165) is 5.01 Å². The molecule has 0 aliphatic heterocycles. The van der Waals surface area contributed by atoms with Crippen molar-refractivity contribution in [3.05, 3.63) is 10.7 Å². The topological polar surface area (TPSA) is 85.1 Å². The Labute approximate surface area is 93.8 Å². The van der Waals surface area contributed by atoms with Gasteiger partial charge in [0.2, 0.25) is 0 Å². The summed E-state index contributed by atoms with van der Waals surface area (Å²) >= 11 is 1.19. The molecule has 0 aromatic carbocycles. The van der Waals surface area contributed by atoms with Crippen molar-refractivity contribution in [1.82, 2.24) is 9.71 Å². The van der Waals surface area contributed by atoms with Crippen LogP contribution in [0.15, 0.2) is 4.21 Å². The van der Waals surface area contributed by atoms with Crippen molar-refractivity contribution in [3.63, 3.8) is 0 Å². The number of hydrogen-bond acceptors (Lipinski definition) is 5. The first-order valence-electron chi connectivity index (χ1n) is 4.61. The molecule has 0 aliphatic carbocycles. The molecule has 1 heterocycles. The fraction of sp³-hybridized carbons (Fsp3) is 0.625. The van der Waals surface area contributed by atoms with E-state index in [0.29, 0.717) is 29.4 Å². The number of nitrogens with one attached hydrogen (secondary N) is 1. The third kappa shape index (κ3) is 3.23. The molecule has 0 bridgehead atoms. The minimum atomic E-state index is -3.39. The molecule has 0 radical (unpaired) electrons. The van der Waals surface area contributed by atoms with Gasteiger partial charge in [0.05, 0.1) is 10.7 Å². The average molecular weight is 249 g/mol. The van der Waals surface area contributed by atoms with Crippen molar-refractivity contribution < 1.29 is 8.42 Å². The maximum absolute atomic E-state index is 11.8. The van der Waals surface area contributed by atoms with Crippen LogP contribution in [0.1, 0.15) is 17.1 Å². The largest absolute Gasteiger partial charge is 0.330 e. The molecule has 0 aliphatic rings. The van der Waals surface area contributed by atoms with Gasteiger partial charge in [0.15, 0.2) is 4.21 Å². The molecule has 0 saturated carbocycles. The first-order valence-corrected chi connectivity index (χ1v) is 6.91. The highest BCUT2D eigenvalue weighted by molar-refractivity contribution is 7.91. The van der Waals surface area contributed by atoms with Crippen LogP contribution in [-0.4, -0.2) is 26.5 Å². The van der Waals surface area contributed by atoms with E-state index < -0.39 is 10.0 Å². The lowest BCUT2D eigenvalue weighted by molar-refractivity contribution is 0.581. The Bertz CT molecular complexity index is 425. The molecule has 1 aromatic heterocycles. The normalized spacial score (nSPS) is 11.9. The van der Waals surface area contributed by atoms with Gasteiger partial charge in [-0.15, -0.1) is 11.3 Å². The zero-order chi connectivity index (χ0) is 11.5. The van der Waals surface area contributed by atoms with Crippen molar-refractivity contribution in [2.75, 3.05) is 13.1 Å². The zero-order valence-corrected chi connectivity index (χ0v) is 10.4. The highest BCUT2D eigenvalue weighted by Crippen LogP contribution is 2.22. The molecular weight excluding hydrogens is 234 g/mol. The zero-order valence-electron chi connectivity index (χ0n) is 8.78. The van der Waals surface area contributed by atoms with Gasteiger partial charge in [-0.25, -0.2) is 18.1 Å². The van der Waals surface area contributed by atoms with E-state index in [-0.39, 0.29) is 0 Å². The van der Waals surface area contributed by atoms with Crippen LogP contribution in [0.3, 0.4) is 0 Å². The summed E-state index contributed by atoms with van der Waals surface area (Å²) in [6.45, 7) is 4.33. The highest BCUT2D eigenvalue weighted by atomic mass is 32.2. The molecule has 0 fully saturated rings. The van der Waals surface area contributed by atoms with Crippen LogP contribution in [0.5, 0.6) is 0 Å². The first-order chi connectivity index (χ1) is 6.97. The van der Waals surface area contributed by atoms with Gasteiger partial charge in [0.1, 0.15) is 0 Å². The number of rotatable bonds is 5. The predicted octanol–water partition coefficient (Wildman–Crippen LogP) is 0.387. The smallest absolute Gasteiger partial charge is 0.251 e. The second-order valence-corrected chi connectivity index (χ2v) is 6.31. The van der Waals surface area contributed by atoms with E-state index in [4.69, 9.17) is 5.73 Å². The number of sulfonamides is 1. The van der Waals surface area contributed by atoms with E-state index >= 15 is 0 Å². The standard InChI is InChI=1S/C8H15N3O2S2/c1-6-8(14-7(2)11-6)15(12,13)10-5-3-4-9/h10H,3-5,9H2,1-2H3. The summed E-state index contributed by atoms with van der Waals surface area (Å²) in [6.07, 6.45) is 0.635. The van der Waals surface area contributed by atoms with Crippen LogP contribution in [0.2, 0.25) is 0 Å². The lowest BCUT2D eigenvalue weighted by atomic mass is 10.4. The Morgan fingerprint density at radius 3 is 2.60 bits per heavy atom. The number of aryl methyl sites for hydroxylation is 2. The maximum Gasteiger partial charge on any atom is 0.251 e. The lowest BCUT2D eigenvalue weighted by Crippen LogP contribution is -2.26. The minimum Gasteiger partial charge on any atom is -0.330 e. The molecule has 1 rings (SSSR count). The lowest BCUT2D eigenvalue weighted by Gasteiger charge is -2.03. The molecule has 3 N–H and O–H groups in total. The van der Waals surface area contributed by atoms with Crippen LogP contribution in [-0.2, 0) is 10.0 Å². The molecule has 0 spiro atoms. The van der Waals surface area contributed by atoms with Gasteiger partial charge in [-0.2, -0.15) is 0 Å². The summed E-state index contributed by atoms with van der Waals surface area (Å²) in [5, 5.41) is 0.756. The van der Waals surface area contributed by atoms with Crippen molar-refractivity contribution in [1.29, 1.82) is 0 Å². The van der Waals surface area contributed by atoms with Crippen LogP contribution in [0.4, 0.5) is 0 Å². The number of thiazole rings is 1. The SMILES string of the molecule is Cc1nc(C)c(S(=O)(=O)NCCCN)s1. The van der Waals surface area contributed by atoms with Gasteiger partial charge in [-0.1, -0.05) is 0 Å². The summed E-state index contributed by atoms with van der Waals surface area (Å²) in [7, 11) is -3.39. The summed E-state index contributed by atoms with van der Waals surface area (Å²) in [5.74, 6) is 0. The molecule has 0 saturated heterocycles. The molecule has 7 heteroatoms. The Morgan fingerprint density at radius 1 is 1.47 bits per heavy atom. The van der Waals surface area contributed by atoms with Crippen molar-refractivity contribution >= 4 is 21.4 Å². The van der Waals surface area contributed by atoms with Gasteiger partial charge < -0.3 is 5.73 Å². The Hall–Kier alpha value is -0.500. The molecule has 15 heavy (non-hydrogen) atoms. The summed E-state index contributed by atoms with van der Waals surface area (Å²) in [4.78, 5) is 4.08. The van der Waals surface area contributed by atoms with Crippen molar-refractivity contribution in [2.24, 2.45) is 5.73 Å². The molecule has 86 valence electrons. The Morgan fingerprint density at radius 2 is 2.13 bits per heavy atom. The van der Waals surface area contributed by atoms with E-state index in [9.17, 15) is 8.42 Å². The molecule has 0 unspecified atom stereocenters. The molecular formula is C8H15N3O2S2. The van der Waals surface area contributed by atoms with E-state index in [1.807, 2.05) is 0 Å². The van der Waals surface area contributed by atoms with Crippen LogP contribution >= 0.6 is 11.3 Å². The fourth-order valence-corrected chi connectivity index (χ4v) is 3.74. The Balaban J connectivity index is 2.82. The van der Waals surface area contributed by atoms with E-state index in [1.165, 1.54) is 11.3 Å². The van der Waals surface area contributed by atoms with Gasteiger partial charge in [0.25, 0.3) is 10.0 Å². The van der Waals surface area contributed by atoms with Gasteiger partial charge in [-0.05, 0) is 26.8 Å². The van der Waals surface area contributed by atoms with Crippen LogP contribution in [0, 0.1) is 13.8 Å². The van der Waals surface area contributed by atoms with Crippen LogP contribution in [0.25, 0.3) is 0 Å². The molecule has 0 amide bonds. The van der Waals surface area contributed by atoms with E-state index in [1.54, 1.807) is 13.8 Å². The monoisotopic (exact) mass is 249 g/mol. The van der Waals surface area contributed by atoms with Gasteiger partial charge in [-0.3, -0.25) is 0 Å². The van der Waals surface area contributed by atoms with Gasteiger partial charge in [0, 0.05) is 6.54 Å². The van der Waals surface area contributed by atoms with Gasteiger partial charge >= 0.3 is 0 Å². The van der Waals surface area contributed by atoms with Crippen LogP contribution < -0.4 is 10.5 Å². The maximum atomic E-state index is 11.8. The van der Waals surface area contributed by atoms with Crippen molar-refractivity contribution in [2.45, 2.75) is 24.5 Å². The quantitative estimate of drug-likeness (QED) is 0.739. The second-order valence-electron chi connectivity index (χ2n) is 3.15. The highest BCUT2D eigenvalue weighted by Gasteiger charge is 2.19. The minimum absolute atomic E-state index is 0.303. The summed E-state index contributed by atoms with van der Waals surface area (Å²) in [5.41, 5.74) is 5.84. The first kappa shape index (κ1) is 12.6. The van der Waals surface area contributed by atoms with Crippen molar-refractivity contribution in [3.8, 4) is 0 Å². The molecule has 1 aromatic rings. The number of nitrogens with zero attached hydrogens (tertiary/aromatic N) is 1. The number of nitrogens with two attached hydrogens (primary N) is 1. The summed E-state index contributed by atoms with van der Waals surface area (Å²) in [6, 6.07) is 0. The fourth-order valence-electron chi connectivity index (χ4n) is 1.14. The second kappa shape index (κ2) is 5.02. The third-order valence-electron chi connectivity index (χ3n) is 1.78.